The van der Waals surface area contributed by atoms with Crippen molar-refractivity contribution in [2.45, 2.75) is 33.2 Å². The molecule has 0 unspecified atom stereocenters. The van der Waals surface area contributed by atoms with Gasteiger partial charge < -0.3 is 10.1 Å². The third kappa shape index (κ3) is 5.42. The highest BCUT2D eigenvalue weighted by Crippen LogP contribution is 2.21. The van der Waals surface area contributed by atoms with Crippen LogP contribution in [0.3, 0.4) is 0 Å². The van der Waals surface area contributed by atoms with E-state index in [1.807, 2.05) is 0 Å². The average Bonchev–Trinajstić information content (AvgIpc) is 2.44. The van der Waals surface area contributed by atoms with Crippen LogP contribution in [0.15, 0.2) is 4.99 Å². The normalized spacial score (nSPS) is 22.3. The van der Waals surface area contributed by atoms with E-state index in [4.69, 9.17) is 4.74 Å². The van der Waals surface area contributed by atoms with Gasteiger partial charge in [-0.3, -0.25) is 4.99 Å². The van der Waals surface area contributed by atoms with Crippen LogP contribution in [0.4, 0.5) is 0 Å². The van der Waals surface area contributed by atoms with Crippen LogP contribution in [0, 0.1) is 5.92 Å². The van der Waals surface area contributed by atoms with Crippen molar-refractivity contribution in [3.8, 4) is 0 Å². The lowest BCUT2D eigenvalue weighted by atomic mass is 10.1. The number of hydrogen-bond acceptors (Lipinski definition) is 3. The highest BCUT2D eigenvalue weighted by atomic mass is 32.2. The van der Waals surface area contributed by atoms with E-state index in [9.17, 15) is 0 Å². The van der Waals surface area contributed by atoms with Crippen LogP contribution in [0.2, 0.25) is 0 Å². The summed E-state index contributed by atoms with van der Waals surface area (Å²) in [6.45, 7) is 11.0. The van der Waals surface area contributed by atoms with Crippen LogP contribution < -0.4 is 5.32 Å². The predicted molar refractivity (Wildman–Crippen MR) is 67.6 cm³/mol. The fourth-order valence-electron chi connectivity index (χ4n) is 1.23. The Hall–Kier alpha value is -0.220. The van der Waals surface area contributed by atoms with E-state index < -0.39 is 0 Å². The summed E-state index contributed by atoms with van der Waals surface area (Å²) in [6, 6.07) is 0. The molecule has 0 bridgehead atoms. The molecule has 3 nitrogen and oxygen atoms in total. The summed E-state index contributed by atoms with van der Waals surface area (Å²) < 4.78 is 5.46. The van der Waals surface area contributed by atoms with Crippen molar-refractivity contribution in [1.29, 1.82) is 0 Å². The molecule has 0 saturated carbocycles. The highest BCUT2D eigenvalue weighted by molar-refractivity contribution is 8.14. The van der Waals surface area contributed by atoms with Crippen LogP contribution in [-0.4, -0.2) is 36.2 Å². The van der Waals surface area contributed by atoms with E-state index in [2.05, 4.69) is 38.0 Å². The van der Waals surface area contributed by atoms with Crippen molar-refractivity contribution in [2.75, 3.05) is 25.5 Å². The zero-order chi connectivity index (χ0) is 11.3. The monoisotopic (exact) mass is 230 g/mol. The zero-order valence-electron chi connectivity index (χ0n) is 10.2. The van der Waals surface area contributed by atoms with Gasteiger partial charge in [0.05, 0.1) is 13.2 Å². The number of rotatable bonds is 5. The van der Waals surface area contributed by atoms with Gasteiger partial charge in [0.25, 0.3) is 0 Å². The second kappa shape index (κ2) is 5.75. The second-order valence-corrected chi connectivity index (χ2v) is 5.92. The summed E-state index contributed by atoms with van der Waals surface area (Å²) in [5.74, 6) is 1.70. The first-order chi connectivity index (χ1) is 6.99. The first kappa shape index (κ1) is 12.8. The number of hydrogen-bond donors (Lipinski definition) is 1. The van der Waals surface area contributed by atoms with Gasteiger partial charge in [-0.25, -0.2) is 0 Å². The predicted octanol–water partition coefficient (Wildman–Crippen LogP) is 2.13. The van der Waals surface area contributed by atoms with Crippen molar-refractivity contribution >= 4 is 16.9 Å². The van der Waals surface area contributed by atoms with Gasteiger partial charge in [-0.05, 0) is 19.8 Å². The molecule has 15 heavy (non-hydrogen) atoms. The van der Waals surface area contributed by atoms with E-state index in [0.717, 1.165) is 30.7 Å². The summed E-state index contributed by atoms with van der Waals surface area (Å²) in [6.07, 6.45) is 0. The Morgan fingerprint density at radius 1 is 1.53 bits per heavy atom. The molecule has 1 rings (SSSR count). The van der Waals surface area contributed by atoms with Gasteiger partial charge in [-0.2, -0.15) is 0 Å². The number of thioether (sulfide) groups is 1. The van der Waals surface area contributed by atoms with Crippen LogP contribution in [0.1, 0.15) is 27.7 Å². The van der Waals surface area contributed by atoms with E-state index in [1.54, 1.807) is 11.8 Å². The van der Waals surface area contributed by atoms with Gasteiger partial charge >= 0.3 is 0 Å². The van der Waals surface area contributed by atoms with Gasteiger partial charge in [0.1, 0.15) is 0 Å². The van der Waals surface area contributed by atoms with Crippen molar-refractivity contribution in [3.63, 3.8) is 0 Å². The van der Waals surface area contributed by atoms with Gasteiger partial charge in [-0.15, -0.1) is 0 Å². The molecule has 1 aliphatic heterocycles. The number of aliphatic imine (C=N–C) groups is 1. The smallest absolute Gasteiger partial charge is 0.157 e. The molecule has 4 heteroatoms. The molecule has 88 valence electrons. The molecule has 1 aliphatic rings. The standard InChI is InChI=1S/C11H22N2OS/c1-9(2)7-14-6-5-12-10-13-11(3,4)8-15-10/h9H,5-8H2,1-4H3,(H,12,13). The summed E-state index contributed by atoms with van der Waals surface area (Å²) in [7, 11) is 0. The molecule has 0 aromatic carbocycles. The second-order valence-electron chi connectivity index (χ2n) is 4.95. The highest BCUT2D eigenvalue weighted by Gasteiger charge is 2.26. The lowest BCUT2D eigenvalue weighted by Crippen LogP contribution is -2.37. The Labute approximate surface area is 97.1 Å². The Kier molecular flexibility index (Phi) is 4.93. The summed E-state index contributed by atoms with van der Waals surface area (Å²) >= 11 is 1.80. The number of amidine groups is 1. The minimum absolute atomic E-state index is 0.197. The van der Waals surface area contributed by atoms with Crippen molar-refractivity contribution in [3.05, 3.63) is 0 Å². The molecule has 0 radical (unpaired) electrons. The van der Waals surface area contributed by atoms with E-state index in [0.29, 0.717) is 5.92 Å². The zero-order valence-corrected chi connectivity index (χ0v) is 11.0. The lowest BCUT2D eigenvalue weighted by Gasteiger charge is -2.15. The molecule has 0 aromatic heterocycles. The molecule has 0 aliphatic carbocycles. The maximum Gasteiger partial charge on any atom is 0.157 e. The van der Waals surface area contributed by atoms with Gasteiger partial charge in [0.2, 0.25) is 0 Å². The Morgan fingerprint density at radius 2 is 2.27 bits per heavy atom. The minimum atomic E-state index is 0.197. The van der Waals surface area contributed by atoms with Crippen LogP contribution in [0.5, 0.6) is 0 Å². The van der Waals surface area contributed by atoms with Crippen molar-refractivity contribution in [1.82, 2.24) is 5.32 Å². The topological polar surface area (TPSA) is 33.6 Å². The van der Waals surface area contributed by atoms with Crippen LogP contribution in [0.25, 0.3) is 0 Å². The quantitative estimate of drug-likeness (QED) is 0.735. The number of ether oxygens (including phenoxy) is 1. The average molecular weight is 230 g/mol. The fraction of sp³-hybridized carbons (Fsp3) is 0.909. The van der Waals surface area contributed by atoms with Crippen LogP contribution in [-0.2, 0) is 4.74 Å². The molecule has 0 atom stereocenters. The molecule has 1 saturated heterocycles. The van der Waals surface area contributed by atoms with E-state index in [1.165, 1.54) is 0 Å². The molecule has 1 heterocycles. The summed E-state index contributed by atoms with van der Waals surface area (Å²) in [4.78, 5) is 4.46. The molecular formula is C11H22N2OS. The molecule has 1 fully saturated rings. The minimum Gasteiger partial charge on any atom is -0.379 e. The lowest BCUT2D eigenvalue weighted by molar-refractivity contribution is 0.117. The molecule has 1 N–H and O–H groups in total. The van der Waals surface area contributed by atoms with Crippen molar-refractivity contribution in [2.24, 2.45) is 10.9 Å². The van der Waals surface area contributed by atoms with Gasteiger partial charge in [-0.1, -0.05) is 25.6 Å². The van der Waals surface area contributed by atoms with E-state index in [-0.39, 0.29) is 5.54 Å². The molecule has 0 amide bonds. The third-order valence-corrected chi connectivity index (χ3v) is 3.33. The molecule has 0 spiro atoms. The summed E-state index contributed by atoms with van der Waals surface area (Å²) in [5, 5.41) is 4.45. The fourth-order valence-corrected chi connectivity index (χ4v) is 2.33. The van der Waals surface area contributed by atoms with Gasteiger partial charge in [0, 0.05) is 17.9 Å². The van der Waals surface area contributed by atoms with E-state index >= 15 is 0 Å². The molecular weight excluding hydrogens is 208 g/mol. The Bertz CT molecular complexity index is 227. The first-order valence-corrected chi connectivity index (χ1v) is 6.51. The number of nitrogens with one attached hydrogen (secondary N) is 1. The Morgan fingerprint density at radius 3 is 2.80 bits per heavy atom. The van der Waals surface area contributed by atoms with Crippen LogP contribution >= 0.6 is 11.8 Å². The largest absolute Gasteiger partial charge is 0.379 e. The SMILES string of the molecule is CC(C)COCCN=C1NC(C)(C)CS1. The maximum atomic E-state index is 5.46. The third-order valence-electron chi connectivity index (χ3n) is 1.96. The Balaban J connectivity index is 2.12. The number of nitrogens with zero attached hydrogens (tertiary/aromatic N) is 1. The summed E-state index contributed by atoms with van der Waals surface area (Å²) in [5.41, 5.74) is 0.197. The molecule has 0 aromatic rings. The maximum absolute atomic E-state index is 5.46. The van der Waals surface area contributed by atoms with Gasteiger partial charge in [0.15, 0.2) is 5.17 Å². The van der Waals surface area contributed by atoms with Crippen molar-refractivity contribution < 1.29 is 4.74 Å². The first-order valence-electron chi connectivity index (χ1n) is 5.53.